The second-order valence-electron chi connectivity index (χ2n) is 9.56. The van der Waals surface area contributed by atoms with Crippen molar-refractivity contribution in [1.29, 1.82) is 0 Å². The predicted octanol–water partition coefficient (Wildman–Crippen LogP) is 5.01. The summed E-state index contributed by atoms with van der Waals surface area (Å²) in [6.07, 6.45) is 2.61. The topological polar surface area (TPSA) is 110 Å². The number of rotatable bonds is 9. The number of H-pyrrole nitrogens is 1. The number of hydrogen-bond donors (Lipinski definition) is 5. The first-order valence-electron chi connectivity index (χ1n) is 12.8. The number of nitrogens with zero attached hydrogens (tertiary/aromatic N) is 1. The summed E-state index contributed by atoms with van der Waals surface area (Å²) < 4.78 is 28.2. The van der Waals surface area contributed by atoms with E-state index in [2.05, 4.69) is 20.6 Å². The van der Waals surface area contributed by atoms with E-state index >= 15 is 0 Å². The third kappa shape index (κ3) is 6.01. The lowest BCUT2D eigenvalue weighted by atomic mass is 9.94. The summed E-state index contributed by atoms with van der Waals surface area (Å²) in [7, 11) is 1.55. The van der Waals surface area contributed by atoms with Gasteiger partial charge in [0.1, 0.15) is 23.6 Å². The number of carbonyl (C=O) groups excluding carboxylic acids is 1. The molecule has 3 aromatic carbocycles. The Morgan fingerprint density at radius 2 is 1.80 bits per heavy atom. The smallest absolute Gasteiger partial charge is 0.251 e. The largest absolute Gasteiger partial charge is 0.508 e. The van der Waals surface area contributed by atoms with Crippen LogP contribution in [0, 0.1) is 11.6 Å². The van der Waals surface area contributed by atoms with Gasteiger partial charge in [-0.2, -0.15) is 0 Å². The molecule has 40 heavy (non-hydrogen) atoms. The molecule has 5 aromatic rings. The normalized spacial score (nSPS) is 12.8. The zero-order chi connectivity index (χ0) is 28.2. The summed E-state index contributed by atoms with van der Waals surface area (Å²) in [5, 5.41) is 27.7. The first kappa shape index (κ1) is 27.0. The second-order valence-corrected chi connectivity index (χ2v) is 9.56. The number of carbonyl (C=O) groups is 1. The van der Waals surface area contributed by atoms with Crippen LogP contribution in [0.3, 0.4) is 0 Å². The lowest BCUT2D eigenvalue weighted by Gasteiger charge is -2.25. The highest BCUT2D eigenvalue weighted by atomic mass is 19.1. The molecule has 204 valence electrons. The van der Waals surface area contributed by atoms with Crippen molar-refractivity contribution in [2.24, 2.45) is 0 Å². The van der Waals surface area contributed by atoms with Crippen LogP contribution in [0.15, 0.2) is 85.2 Å². The highest BCUT2D eigenvalue weighted by Crippen LogP contribution is 2.31. The van der Waals surface area contributed by atoms with Gasteiger partial charge in [0, 0.05) is 54.0 Å². The minimum absolute atomic E-state index is 0.110. The fraction of sp³-hybridized carbons (Fsp3) is 0.161. The molecular weight excluding hydrogens is 514 g/mol. The van der Waals surface area contributed by atoms with Crippen LogP contribution in [0.4, 0.5) is 8.78 Å². The van der Waals surface area contributed by atoms with Gasteiger partial charge in [-0.15, -0.1) is 0 Å². The van der Waals surface area contributed by atoms with E-state index in [0.29, 0.717) is 22.4 Å². The molecule has 5 N–H and O–H groups in total. The summed E-state index contributed by atoms with van der Waals surface area (Å²) >= 11 is 0. The van der Waals surface area contributed by atoms with E-state index < -0.39 is 23.9 Å². The maximum absolute atomic E-state index is 14.1. The third-order valence-corrected chi connectivity index (χ3v) is 6.75. The number of phenolic OH excluding ortho intramolecular Hbond substituents is 1. The lowest BCUT2D eigenvalue weighted by molar-refractivity contribution is 0.0963. The molecular formula is C31H28F2N4O3. The van der Waals surface area contributed by atoms with E-state index in [9.17, 15) is 23.8 Å². The zero-order valence-electron chi connectivity index (χ0n) is 21.7. The third-order valence-electron chi connectivity index (χ3n) is 6.75. The van der Waals surface area contributed by atoms with Crippen LogP contribution in [-0.4, -0.2) is 39.4 Å². The summed E-state index contributed by atoms with van der Waals surface area (Å²) in [5.41, 5.74) is 4.41. The fourth-order valence-corrected chi connectivity index (χ4v) is 4.95. The first-order chi connectivity index (χ1) is 19.3. The molecule has 2 heterocycles. The average molecular weight is 543 g/mol. The van der Waals surface area contributed by atoms with E-state index in [-0.39, 0.29) is 24.5 Å². The number of phenols is 1. The van der Waals surface area contributed by atoms with Crippen molar-refractivity contribution in [3.63, 3.8) is 0 Å². The monoisotopic (exact) mass is 542 g/mol. The zero-order valence-corrected chi connectivity index (χ0v) is 21.7. The van der Waals surface area contributed by atoms with Crippen LogP contribution >= 0.6 is 0 Å². The number of fused-ring (bicyclic) bond motifs is 1. The number of nitrogens with one attached hydrogen (secondary N) is 3. The minimum Gasteiger partial charge on any atom is -0.508 e. The Hall–Kier alpha value is -4.60. The molecule has 7 nitrogen and oxygen atoms in total. The Morgan fingerprint density at radius 1 is 1.00 bits per heavy atom. The maximum atomic E-state index is 14.1. The van der Waals surface area contributed by atoms with Crippen LogP contribution < -0.4 is 10.6 Å². The number of halogens is 2. The molecule has 9 heteroatoms. The van der Waals surface area contributed by atoms with Gasteiger partial charge in [-0.05, 0) is 71.6 Å². The van der Waals surface area contributed by atoms with Gasteiger partial charge >= 0.3 is 0 Å². The number of aromatic amines is 1. The summed E-state index contributed by atoms with van der Waals surface area (Å²) in [4.78, 5) is 20.0. The first-order valence-corrected chi connectivity index (χ1v) is 12.8. The summed E-state index contributed by atoms with van der Waals surface area (Å²) in [5.74, 6) is -1.53. The van der Waals surface area contributed by atoms with Crippen molar-refractivity contribution in [2.45, 2.75) is 25.1 Å². The quantitative estimate of drug-likeness (QED) is 0.168. The van der Waals surface area contributed by atoms with Crippen LogP contribution in [0.25, 0.3) is 22.0 Å². The van der Waals surface area contributed by atoms with Gasteiger partial charge in [0.15, 0.2) is 0 Å². The Balaban J connectivity index is 1.51. The Labute approximate surface area is 229 Å². The van der Waals surface area contributed by atoms with Crippen molar-refractivity contribution in [2.75, 3.05) is 7.05 Å². The number of benzene rings is 3. The number of amides is 1. The van der Waals surface area contributed by atoms with Crippen molar-refractivity contribution < 1.29 is 23.8 Å². The molecule has 0 aliphatic carbocycles. The van der Waals surface area contributed by atoms with Crippen molar-refractivity contribution >= 4 is 16.8 Å². The van der Waals surface area contributed by atoms with Gasteiger partial charge < -0.3 is 20.5 Å². The fourth-order valence-electron chi connectivity index (χ4n) is 4.95. The van der Waals surface area contributed by atoms with Gasteiger partial charge in [0.25, 0.3) is 5.91 Å². The van der Waals surface area contributed by atoms with E-state index in [1.807, 2.05) is 12.1 Å². The number of hydrogen-bond acceptors (Lipinski definition) is 5. The van der Waals surface area contributed by atoms with Crippen molar-refractivity contribution in [3.05, 3.63) is 119 Å². The van der Waals surface area contributed by atoms with Gasteiger partial charge in [0.2, 0.25) is 0 Å². The van der Waals surface area contributed by atoms with Gasteiger partial charge in [-0.25, -0.2) is 8.78 Å². The molecule has 1 unspecified atom stereocenters. The number of aliphatic hydroxyl groups is 1. The van der Waals surface area contributed by atoms with Crippen molar-refractivity contribution in [3.8, 4) is 16.9 Å². The molecule has 5 rings (SSSR count). The van der Waals surface area contributed by atoms with Crippen LogP contribution in [-0.2, 0) is 12.8 Å². The Kier molecular flexibility index (Phi) is 7.86. The standard InChI is InChI=1S/C31H28F2N4O3/c1-34-31(40)20-5-2-4-19(13-20)25-6-3-9-35-30(25)28(12-18-10-22(32)15-23(33)11-18)37-29(39)14-21-17-36-27-8-7-24(38)16-26(21)27/h2-11,13,15-17,28-29,36-39H,12,14H2,1H3,(H,34,40)/t28-,29?/m0/s1. The molecule has 0 saturated carbocycles. The Morgan fingerprint density at radius 3 is 2.58 bits per heavy atom. The molecule has 1 amide bonds. The molecule has 2 aromatic heterocycles. The van der Waals surface area contributed by atoms with Crippen LogP contribution in [0.2, 0.25) is 0 Å². The molecule has 0 aliphatic rings. The van der Waals surface area contributed by atoms with E-state index in [4.69, 9.17) is 0 Å². The number of pyridine rings is 1. The average Bonchev–Trinajstić information content (AvgIpc) is 3.33. The van der Waals surface area contributed by atoms with E-state index in [0.717, 1.165) is 28.1 Å². The van der Waals surface area contributed by atoms with Gasteiger partial charge in [0.05, 0.1) is 11.7 Å². The summed E-state index contributed by atoms with van der Waals surface area (Å²) in [6.45, 7) is 0. The van der Waals surface area contributed by atoms with Gasteiger partial charge in [-0.3, -0.25) is 15.1 Å². The summed E-state index contributed by atoms with van der Waals surface area (Å²) in [6, 6.07) is 18.3. The molecule has 2 atom stereocenters. The lowest BCUT2D eigenvalue weighted by Crippen LogP contribution is -2.36. The molecule has 0 aliphatic heterocycles. The number of aliphatic hydroxyl groups excluding tert-OH is 1. The molecule has 0 bridgehead atoms. The van der Waals surface area contributed by atoms with Crippen LogP contribution in [0.1, 0.15) is 33.2 Å². The molecule has 0 radical (unpaired) electrons. The highest BCUT2D eigenvalue weighted by molar-refractivity contribution is 5.95. The Bertz CT molecular complexity index is 1650. The number of aromatic nitrogens is 2. The van der Waals surface area contributed by atoms with E-state index in [1.54, 1.807) is 61.9 Å². The molecule has 0 saturated heterocycles. The SMILES string of the molecule is CNC(=O)c1cccc(-c2cccnc2[C@H](Cc2cc(F)cc(F)c2)NC(O)Cc2c[nH]c3ccc(O)cc23)c1. The van der Waals surface area contributed by atoms with Crippen molar-refractivity contribution in [1.82, 2.24) is 20.6 Å². The predicted molar refractivity (Wildman–Crippen MR) is 149 cm³/mol. The molecule has 0 fully saturated rings. The second kappa shape index (κ2) is 11.6. The highest BCUT2D eigenvalue weighted by Gasteiger charge is 2.23. The molecule has 0 spiro atoms. The van der Waals surface area contributed by atoms with Gasteiger partial charge in [-0.1, -0.05) is 18.2 Å². The van der Waals surface area contributed by atoms with E-state index in [1.165, 1.54) is 12.1 Å². The number of aromatic hydroxyl groups is 1. The minimum atomic E-state index is -1.07. The maximum Gasteiger partial charge on any atom is 0.251 e. The van der Waals surface area contributed by atoms with Crippen LogP contribution in [0.5, 0.6) is 5.75 Å².